The summed E-state index contributed by atoms with van der Waals surface area (Å²) in [6, 6.07) is 5.56. The number of carbonyl (C=O) groups is 1. The van der Waals surface area contributed by atoms with Gasteiger partial charge in [-0.15, -0.1) is 0 Å². The summed E-state index contributed by atoms with van der Waals surface area (Å²) in [5.74, 6) is -0.383. The Morgan fingerprint density at radius 2 is 2.20 bits per heavy atom. The molecule has 1 aliphatic heterocycles. The third-order valence-corrected chi connectivity index (χ3v) is 3.90. The minimum Gasteiger partial charge on any atom is -0.478 e. The highest BCUT2D eigenvalue weighted by molar-refractivity contribution is 5.89. The summed E-state index contributed by atoms with van der Waals surface area (Å²) < 4.78 is 5.77. The molecule has 0 bridgehead atoms. The van der Waals surface area contributed by atoms with Crippen LogP contribution in [0.5, 0.6) is 0 Å². The van der Waals surface area contributed by atoms with Gasteiger partial charge in [0.25, 0.3) is 0 Å². The van der Waals surface area contributed by atoms with Gasteiger partial charge in [-0.05, 0) is 43.4 Å². The van der Waals surface area contributed by atoms with Crippen LogP contribution in [-0.2, 0) is 4.74 Å². The Hall–Kier alpha value is -1.55. The van der Waals surface area contributed by atoms with E-state index in [2.05, 4.69) is 19.2 Å². The van der Waals surface area contributed by atoms with Gasteiger partial charge in [-0.1, -0.05) is 19.9 Å². The zero-order valence-corrected chi connectivity index (χ0v) is 12.3. The van der Waals surface area contributed by atoms with Crippen LogP contribution in [-0.4, -0.2) is 29.8 Å². The average Bonchev–Trinajstić information content (AvgIpc) is 2.41. The molecule has 1 heterocycles. The highest BCUT2D eigenvalue weighted by Gasteiger charge is 2.25. The van der Waals surface area contributed by atoms with Crippen LogP contribution in [0, 0.1) is 12.8 Å². The van der Waals surface area contributed by atoms with Crippen LogP contribution in [0.15, 0.2) is 18.2 Å². The molecule has 1 fully saturated rings. The quantitative estimate of drug-likeness (QED) is 0.886. The first kappa shape index (κ1) is 14.9. The van der Waals surface area contributed by atoms with E-state index in [0.29, 0.717) is 17.5 Å². The molecule has 1 aromatic rings. The molecule has 2 atom stereocenters. The number of nitrogens with one attached hydrogen (secondary N) is 1. The number of carboxylic acids is 1. The summed E-state index contributed by atoms with van der Waals surface area (Å²) in [7, 11) is 0. The van der Waals surface area contributed by atoms with Gasteiger partial charge in [-0.25, -0.2) is 4.79 Å². The van der Waals surface area contributed by atoms with Crippen molar-refractivity contribution in [2.75, 3.05) is 11.9 Å². The summed E-state index contributed by atoms with van der Waals surface area (Å²) in [5, 5.41) is 12.6. The van der Waals surface area contributed by atoms with Crippen LogP contribution in [0.4, 0.5) is 5.69 Å². The van der Waals surface area contributed by atoms with Gasteiger partial charge in [0, 0.05) is 18.3 Å². The van der Waals surface area contributed by atoms with Crippen LogP contribution in [0.25, 0.3) is 0 Å². The largest absolute Gasteiger partial charge is 0.478 e. The molecule has 0 amide bonds. The Labute approximate surface area is 120 Å². The average molecular weight is 277 g/mol. The molecule has 1 saturated heterocycles. The highest BCUT2D eigenvalue weighted by Crippen LogP contribution is 2.25. The van der Waals surface area contributed by atoms with Gasteiger partial charge in [0.1, 0.15) is 0 Å². The van der Waals surface area contributed by atoms with E-state index in [1.807, 2.05) is 13.0 Å². The first-order valence-electron chi connectivity index (χ1n) is 7.19. The second-order valence-electron chi connectivity index (χ2n) is 5.85. The predicted octanol–water partition coefficient (Wildman–Crippen LogP) is 3.31. The zero-order valence-electron chi connectivity index (χ0n) is 12.3. The first-order chi connectivity index (χ1) is 9.47. The summed E-state index contributed by atoms with van der Waals surface area (Å²) in [6.45, 7) is 7.10. The molecule has 0 aliphatic carbocycles. The molecular formula is C16H23NO3. The van der Waals surface area contributed by atoms with Crippen molar-refractivity contribution in [3.8, 4) is 0 Å². The van der Waals surface area contributed by atoms with Crippen molar-refractivity contribution in [3.63, 3.8) is 0 Å². The van der Waals surface area contributed by atoms with Crippen molar-refractivity contribution >= 4 is 11.7 Å². The molecule has 1 aromatic carbocycles. The Morgan fingerprint density at radius 3 is 2.85 bits per heavy atom. The van der Waals surface area contributed by atoms with E-state index >= 15 is 0 Å². The summed E-state index contributed by atoms with van der Waals surface area (Å²) in [4.78, 5) is 11.1. The second-order valence-corrected chi connectivity index (χ2v) is 5.85. The van der Waals surface area contributed by atoms with E-state index in [1.165, 1.54) is 0 Å². The summed E-state index contributed by atoms with van der Waals surface area (Å²) >= 11 is 0. The lowest BCUT2D eigenvalue weighted by molar-refractivity contribution is -0.0160. The van der Waals surface area contributed by atoms with Gasteiger partial charge in [0.2, 0.25) is 0 Å². The van der Waals surface area contributed by atoms with Crippen molar-refractivity contribution in [2.45, 2.75) is 45.8 Å². The van der Waals surface area contributed by atoms with Crippen molar-refractivity contribution < 1.29 is 14.6 Å². The fourth-order valence-electron chi connectivity index (χ4n) is 2.55. The normalized spacial score (nSPS) is 22.8. The minimum absolute atomic E-state index is 0.282. The number of rotatable bonds is 4. The summed E-state index contributed by atoms with van der Waals surface area (Å²) in [5.41, 5.74) is 2.31. The van der Waals surface area contributed by atoms with Gasteiger partial charge in [-0.2, -0.15) is 0 Å². The van der Waals surface area contributed by atoms with Crippen LogP contribution in [0.1, 0.15) is 42.6 Å². The number of carboxylic acid groups (broad SMARTS) is 1. The van der Waals surface area contributed by atoms with Gasteiger partial charge in [0.05, 0.1) is 11.7 Å². The molecular weight excluding hydrogens is 254 g/mol. The monoisotopic (exact) mass is 277 g/mol. The third-order valence-electron chi connectivity index (χ3n) is 3.90. The van der Waals surface area contributed by atoms with Crippen LogP contribution < -0.4 is 5.32 Å². The number of aryl methyl sites for hydroxylation is 1. The lowest BCUT2D eigenvalue weighted by atomic mass is 9.95. The van der Waals surface area contributed by atoms with Gasteiger partial charge < -0.3 is 15.2 Å². The lowest BCUT2D eigenvalue weighted by Crippen LogP contribution is -2.36. The zero-order chi connectivity index (χ0) is 14.7. The van der Waals surface area contributed by atoms with E-state index in [4.69, 9.17) is 9.84 Å². The third kappa shape index (κ3) is 3.51. The number of hydrogen-bond donors (Lipinski definition) is 2. The van der Waals surface area contributed by atoms with E-state index in [9.17, 15) is 4.79 Å². The Balaban J connectivity index is 2.09. The maximum atomic E-state index is 11.1. The van der Waals surface area contributed by atoms with Crippen molar-refractivity contribution in [3.05, 3.63) is 29.3 Å². The smallest absolute Gasteiger partial charge is 0.335 e. The highest BCUT2D eigenvalue weighted by atomic mass is 16.5. The standard InChI is InChI=1S/C16H23NO3/c1-10(2)15-9-13(6-7-20-15)17-14-8-12(16(18)19)5-4-11(14)3/h4-5,8,10,13,15,17H,6-7,9H2,1-3H3,(H,18,19). The lowest BCUT2D eigenvalue weighted by Gasteiger charge is -2.33. The fourth-order valence-corrected chi connectivity index (χ4v) is 2.55. The maximum Gasteiger partial charge on any atom is 0.335 e. The molecule has 0 saturated carbocycles. The van der Waals surface area contributed by atoms with E-state index in [0.717, 1.165) is 30.7 Å². The van der Waals surface area contributed by atoms with Crippen molar-refractivity contribution in [2.24, 2.45) is 5.92 Å². The molecule has 2 rings (SSSR count). The number of hydrogen-bond acceptors (Lipinski definition) is 3. The SMILES string of the molecule is Cc1ccc(C(=O)O)cc1NC1CCOC(C(C)C)C1. The fraction of sp³-hybridized carbons (Fsp3) is 0.562. The topological polar surface area (TPSA) is 58.6 Å². The van der Waals surface area contributed by atoms with Crippen LogP contribution >= 0.6 is 0 Å². The second kappa shape index (κ2) is 6.27. The van der Waals surface area contributed by atoms with E-state index in [1.54, 1.807) is 12.1 Å². The van der Waals surface area contributed by atoms with Crippen molar-refractivity contribution in [1.82, 2.24) is 0 Å². The van der Waals surface area contributed by atoms with E-state index < -0.39 is 5.97 Å². The van der Waals surface area contributed by atoms with Crippen LogP contribution in [0.3, 0.4) is 0 Å². The van der Waals surface area contributed by atoms with Crippen molar-refractivity contribution in [1.29, 1.82) is 0 Å². The predicted molar refractivity (Wildman–Crippen MR) is 79.4 cm³/mol. The van der Waals surface area contributed by atoms with Gasteiger partial charge in [0.15, 0.2) is 0 Å². The Kier molecular flexibility index (Phi) is 4.65. The molecule has 4 heteroatoms. The first-order valence-corrected chi connectivity index (χ1v) is 7.19. The maximum absolute atomic E-state index is 11.1. The Morgan fingerprint density at radius 1 is 1.45 bits per heavy atom. The molecule has 2 N–H and O–H groups in total. The number of anilines is 1. The molecule has 110 valence electrons. The van der Waals surface area contributed by atoms with Gasteiger partial charge >= 0.3 is 5.97 Å². The molecule has 0 aromatic heterocycles. The molecule has 1 aliphatic rings. The molecule has 2 unspecified atom stereocenters. The number of aromatic carboxylic acids is 1. The Bertz CT molecular complexity index is 485. The van der Waals surface area contributed by atoms with Gasteiger partial charge in [-0.3, -0.25) is 0 Å². The molecule has 0 radical (unpaired) electrons. The number of ether oxygens (including phenoxy) is 1. The number of benzene rings is 1. The summed E-state index contributed by atoms with van der Waals surface area (Å²) in [6.07, 6.45) is 2.21. The molecule has 0 spiro atoms. The minimum atomic E-state index is -0.889. The molecule has 20 heavy (non-hydrogen) atoms. The van der Waals surface area contributed by atoms with E-state index in [-0.39, 0.29) is 6.10 Å². The van der Waals surface area contributed by atoms with Crippen LogP contribution in [0.2, 0.25) is 0 Å². The molecule has 4 nitrogen and oxygen atoms in total.